The summed E-state index contributed by atoms with van der Waals surface area (Å²) in [4.78, 5) is 20.4. The van der Waals surface area contributed by atoms with Crippen molar-refractivity contribution in [3.8, 4) is 11.1 Å². The van der Waals surface area contributed by atoms with Gasteiger partial charge in [0.25, 0.3) is 5.91 Å². The number of aromatic nitrogens is 1. The number of aliphatic imine (C=N–C) groups is 1. The van der Waals surface area contributed by atoms with Crippen LogP contribution in [0, 0.1) is 13.8 Å². The third-order valence-electron chi connectivity index (χ3n) is 3.22. The van der Waals surface area contributed by atoms with E-state index in [1.807, 2.05) is 32.0 Å². The molecule has 1 aromatic heterocycles. The smallest absolute Gasteiger partial charge is 0.253 e. The highest BCUT2D eigenvalue weighted by Gasteiger charge is 2.18. The summed E-state index contributed by atoms with van der Waals surface area (Å²) in [6.07, 6.45) is 1.77. The zero-order chi connectivity index (χ0) is 14.7. The largest absolute Gasteiger partial charge is 0.355 e. The van der Waals surface area contributed by atoms with Gasteiger partial charge in [0, 0.05) is 30.1 Å². The molecule has 1 aromatic carbocycles. The predicted molar refractivity (Wildman–Crippen MR) is 81.7 cm³/mol. The Morgan fingerprint density at radius 3 is 2.55 bits per heavy atom. The minimum absolute atomic E-state index is 0.174. The summed E-state index contributed by atoms with van der Waals surface area (Å²) in [6.45, 7) is 7.44. The third-order valence-corrected chi connectivity index (χ3v) is 3.22. The van der Waals surface area contributed by atoms with Crippen molar-refractivity contribution in [1.82, 2.24) is 10.3 Å². The number of rotatable bonds is 3. The fourth-order valence-corrected chi connectivity index (χ4v) is 2.17. The van der Waals surface area contributed by atoms with E-state index < -0.39 is 0 Å². The molecule has 0 saturated carbocycles. The van der Waals surface area contributed by atoms with E-state index in [0.717, 1.165) is 22.4 Å². The van der Waals surface area contributed by atoms with E-state index in [-0.39, 0.29) is 5.91 Å². The van der Waals surface area contributed by atoms with E-state index in [9.17, 15) is 4.79 Å². The van der Waals surface area contributed by atoms with Gasteiger partial charge in [-0.05, 0) is 38.3 Å². The van der Waals surface area contributed by atoms with Gasteiger partial charge in [-0.1, -0.05) is 12.1 Å². The molecule has 4 heteroatoms. The molecule has 1 N–H and O–H groups in total. The van der Waals surface area contributed by atoms with E-state index in [1.54, 1.807) is 19.3 Å². The fourth-order valence-electron chi connectivity index (χ4n) is 2.17. The van der Waals surface area contributed by atoms with Gasteiger partial charge in [-0.2, -0.15) is 0 Å². The van der Waals surface area contributed by atoms with Crippen molar-refractivity contribution in [3.63, 3.8) is 0 Å². The van der Waals surface area contributed by atoms with Crippen LogP contribution in [-0.4, -0.2) is 24.7 Å². The van der Waals surface area contributed by atoms with Gasteiger partial charge in [-0.25, -0.2) is 0 Å². The first kappa shape index (κ1) is 13.9. The van der Waals surface area contributed by atoms with Gasteiger partial charge in [0.2, 0.25) is 0 Å². The lowest BCUT2D eigenvalue weighted by Crippen LogP contribution is -2.19. The number of nitrogens with one attached hydrogen (secondary N) is 1. The van der Waals surface area contributed by atoms with Crippen LogP contribution in [0.4, 0.5) is 5.69 Å². The average molecular weight is 267 g/mol. The molecule has 20 heavy (non-hydrogen) atoms. The number of amides is 1. The van der Waals surface area contributed by atoms with Gasteiger partial charge >= 0.3 is 0 Å². The second kappa shape index (κ2) is 5.65. The Balaban J connectivity index is 2.76. The van der Waals surface area contributed by atoms with Crippen molar-refractivity contribution in [2.24, 2.45) is 4.99 Å². The fraction of sp³-hybridized carbons (Fsp3) is 0.188. The minimum atomic E-state index is -0.174. The Kier molecular flexibility index (Phi) is 3.94. The number of aryl methyl sites for hydroxylation is 2. The number of hydrogen-bond acceptors (Lipinski definition) is 3. The van der Waals surface area contributed by atoms with E-state index in [4.69, 9.17) is 0 Å². The molecule has 2 rings (SSSR count). The van der Waals surface area contributed by atoms with Gasteiger partial charge in [-0.15, -0.1) is 0 Å². The molecule has 2 aromatic rings. The summed E-state index contributed by atoms with van der Waals surface area (Å²) in [6, 6.07) is 7.63. The van der Waals surface area contributed by atoms with Crippen molar-refractivity contribution in [2.45, 2.75) is 13.8 Å². The molecule has 0 unspecified atom stereocenters. The lowest BCUT2D eigenvalue weighted by Gasteiger charge is -2.14. The molecule has 0 bridgehead atoms. The maximum Gasteiger partial charge on any atom is 0.253 e. The number of carbonyl (C=O) groups excluding carboxylic acids is 1. The third kappa shape index (κ3) is 2.45. The van der Waals surface area contributed by atoms with E-state index >= 15 is 0 Å². The summed E-state index contributed by atoms with van der Waals surface area (Å²) >= 11 is 0. The Morgan fingerprint density at radius 1 is 1.25 bits per heavy atom. The van der Waals surface area contributed by atoms with Crippen LogP contribution in [0.15, 0.2) is 35.5 Å². The van der Waals surface area contributed by atoms with Gasteiger partial charge in [0.05, 0.1) is 11.3 Å². The molecule has 102 valence electrons. The number of nitrogens with zero attached hydrogens (tertiary/aromatic N) is 2. The summed E-state index contributed by atoms with van der Waals surface area (Å²) in [5, 5.41) is 2.66. The van der Waals surface area contributed by atoms with Crippen molar-refractivity contribution in [2.75, 3.05) is 7.05 Å². The first-order valence-corrected chi connectivity index (χ1v) is 6.34. The second-order valence-corrected chi connectivity index (χ2v) is 4.58. The van der Waals surface area contributed by atoms with Crippen molar-refractivity contribution < 1.29 is 4.79 Å². The molecule has 0 atom stereocenters. The second-order valence-electron chi connectivity index (χ2n) is 4.58. The standard InChI is InChI=1S/C16H17N3O/c1-10-5-8-13(17-3)15(16(20)18-4)14(10)12-7-6-11(2)19-9-12/h5-9H,3H2,1-2,4H3,(H,18,20). The SMILES string of the molecule is C=Nc1ccc(C)c(-c2ccc(C)nc2)c1C(=O)NC. The lowest BCUT2D eigenvalue weighted by atomic mass is 9.94. The molecule has 0 saturated heterocycles. The number of benzene rings is 1. The normalized spacial score (nSPS) is 10.2. The first-order chi connectivity index (χ1) is 9.58. The maximum atomic E-state index is 12.2. The van der Waals surface area contributed by atoms with Gasteiger partial charge in [0.15, 0.2) is 0 Å². The average Bonchev–Trinajstić information content (AvgIpc) is 2.47. The molecule has 1 heterocycles. The highest BCUT2D eigenvalue weighted by atomic mass is 16.1. The lowest BCUT2D eigenvalue weighted by molar-refractivity contribution is 0.0964. The predicted octanol–water partition coefficient (Wildman–Crippen LogP) is 3.06. The number of hydrogen-bond donors (Lipinski definition) is 1. The maximum absolute atomic E-state index is 12.2. The number of pyridine rings is 1. The molecule has 4 nitrogen and oxygen atoms in total. The van der Waals surface area contributed by atoms with Crippen LogP contribution in [0.1, 0.15) is 21.6 Å². The van der Waals surface area contributed by atoms with E-state index in [1.165, 1.54) is 0 Å². The van der Waals surface area contributed by atoms with Gasteiger partial charge < -0.3 is 5.32 Å². The first-order valence-electron chi connectivity index (χ1n) is 6.34. The van der Waals surface area contributed by atoms with Gasteiger partial charge in [0.1, 0.15) is 0 Å². The molecular weight excluding hydrogens is 250 g/mol. The van der Waals surface area contributed by atoms with Crippen LogP contribution in [0.25, 0.3) is 11.1 Å². The summed E-state index contributed by atoms with van der Waals surface area (Å²) < 4.78 is 0. The molecule has 0 fully saturated rings. The Labute approximate surface area is 118 Å². The topological polar surface area (TPSA) is 54.4 Å². The van der Waals surface area contributed by atoms with E-state index in [2.05, 4.69) is 22.0 Å². The number of carbonyl (C=O) groups is 1. The van der Waals surface area contributed by atoms with Crippen molar-refractivity contribution in [3.05, 3.63) is 47.3 Å². The monoisotopic (exact) mass is 267 g/mol. The van der Waals surface area contributed by atoms with Crippen LogP contribution in [0.2, 0.25) is 0 Å². The molecule has 0 aliphatic heterocycles. The molecule has 0 radical (unpaired) electrons. The molecule has 0 aliphatic carbocycles. The van der Waals surface area contributed by atoms with E-state index in [0.29, 0.717) is 11.3 Å². The molecular formula is C16H17N3O. The highest BCUT2D eigenvalue weighted by Crippen LogP contribution is 2.33. The van der Waals surface area contributed by atoms with Crippen LogP contribution in [0.5, 0.6) is 0 Å². The quantitative estimate of drug-likeness (QED) is 0.869. The Bertz CT molecular complexity index is 660. The van der Waals surface area contributed by atoms with Crippen LogP contribution >= 0.6 is 0 Å². The Hall–Kier alpha value is -2.49. The molecule has 1 amide bonds. The Morgan fingerprint density at radius 2 is 2.00 bits per heavy atom. The van der Waals surface area contributed by atoms with Crippen molar-refractivity contribution >= 4 is 18.3 Å². The van der Waals surface area contributed by atoms with Gasteiger partial charge in [-0.3, -0.25) is 14.8 Å². The van der Waals surface area contributed by atoms with Crippen molar-refractivity contribution in [1.29, 1.82) is 0 Å². The molecule has 0 spiro atoms. The molecule has 0 aliphatic rings. The summed E-state index contributed by atoms with van der Waals surface area (Å²) in [5.41, 5.74) is 4.80. The zero-order valence-electron chi connectivity index (χ0n) is 11.9. The summed E-state index contributed by atoms with van der Waals surface area (Å²) in [7, 11) is 1.61. The van der Waals surface area contributed by atoms with Crippen LogP contribution < -0.4 is 5.32 Å². The van der Waals surface area contributed by atoms with Crippen LogP contribution in [0.3, 0.4) is 0 Å². The zero-order valence-corrected chi connectivity index (χ0v) is 11.9. The minimum Gasteiger partial charge on any atom is -0.355 e. The summed E-state index contributed by atoms with van der Waals surface area (Å²) in [5.74, 6) is -0.174. The van der Waals surface area contributed by atoms with Crippen LogP contribution in [-0.2, 0) is 0 Å². The highest BCUT2D eigenvalue weighted by molar-refractivity contribution is 6.06.